The van der Waals surface area contributed by atoms with Crippen molar-refractivity contribution in [3.8, 4) is 11.3 Å². The van der Waals surface area contributed by atoms with Gasteiger partial charge in [0.05, 0.1) is 32.8 Å². The second kappa shape index (κ2) is 20.5. The van der Waals surface area contributed by atoms with Crippen molar-refractivity contribution in [3.63, 3.8) is 0 Å². The third-order valence-electron chi connectivity index (χ3n) is 7.64. The predicted molar refractivity (Wildman–Crippen MR) is 194 cm³/mol. The van der Waals surface area contributed by atoms with Crippen molar-refractivity contribution in [1.29, 1.82) is 0 Å². The van der Waals surface area contributed by atoms with Crippen LogP contribution in [0, 0.1) is 39.3 Å². The van der Waals surface area contributed by atoms with Crippen LogP contribution in [-0.2, 0) is 19.1 Å². The van der Waals surface area contributed by atoms with Gasteiger partial charge >= 0.3 is 19.1 Å². The summed E-state index contributed by atoms with van der Waals surface area (Å²) in [5.41, 5.74) is 7.03. The smallest absolute Gasteiger partial charge is 0.469 e. The van der Waals surface area contributed by atoms with Gasteiger partial charge in [0.2, 0.25) is 0 Å². The van der Waals surface area contributed by atoms with E-state index in [-0.39, 0.29) is 42.8 Å². The molecule has 8 nitrogen and oxygen atoms in total. The van der Waals surface area contributed by atoms with E-state index in [1.54, 1.807) is 26.2 Å². The molecular formula is C37H46BBrF2N2O6. The van der Waals surface area contributed by atoms with Crippen molar-refractivity contribution >= 4 is 40.4 Å². The fraction of sp³-hybridized carbons (Fsp3) is 0.351. The predicted octanol–water partition coefficient (Wildman–Crippen LogP) is 7.44. The average molecular weight is 743 g/mol. The third kappa shape index (κ3) is 13.4. The number of carbonyl (C=O) groups is 2. The lowest BCUT2D eigenvalue weighted by atomic mass is 9.74. The lowest BCUT2D eigenvalue weighted by Gasteiger charge is -2.14. The van der Waals surface area contributed by atoms with Crippen LogP contribution >= 0.6 is 15.9 Å². The van der Waals surface area contributed by atoms with Gasteiger partial charge in [0.1, 0.15) is 16.2 Å². The molecule has 0 aliphatic rings. The summed E-state index contributed by atoms with van der Waals surface area (Å²) in [6.45, 7) is 11.0. The molecule has 12 heteroatoms. The number of rotatable bonds is 8. The van der Waals surface area contributed by atoms with Crippen LogP contribution in [-0.4, -0.2) is 53.3 Å². The zero-order valence-electron chi connectivity index (χ0n) is 28.5. The first-order chi connectivity index (χ1) is 22.6. The Morgan fingerprint density at radius 2 is 1.16 bits per heavy atom. The van der Waals surface area contributed by atoms with Crippen LogP contribution in [0.4, 0.5) is 8.78 Å². The normalized spacial score (nSPS) is 11.4. The summed E-state index contributed by atoms with van der Waals surface area (Å²) in [5.74, 6) is -0.828. The van der Waals surface area contributed by atoms with Gasteiger partial charge in [0, 0.05) is 18.0 Å². The minimum absolute atomic E-state index is 0. The van der Waals surface area contributed by atoms with E-state index in [1.807, 2.05) is 52.0 Å². The van der Waals surface area contributed by atoms with E-state index in [1.165, 1.54) is 38.5 Å². The van der Waals surface area contributed by atoms with Crippen LogP contribution in [0.25, 0.3) is 11.3 Å². The van der Waals surface area contributed by atoms with E-state index in [0.29, 0.717) is 29.4 Å². The topological polar surface area (TPSA) is 119 Å². The molecule has 4 rings (SSSR count). The first kappa shape index (κ1) is 43.0. The highest BCUT2D eigenvalue weighted by molar-refractivity contribution is 9.10. The van der Waals surface area contributed by atoms with E-state index in [9.17, 15) is 18.4 Å². The molecule has 0 aliphatic carbocycles. The Morgan fingerprint density at radius 1 is 0.755 bits per heavy atom. The number of aromatic nitrogens is 2. The van der Waals surface area contributed by atoms with Crippen LogP contribution in [0.2, 0.25) is 0 Å². The lowest BCUT2D eigenvalue weighted by molar-refractivity contribution is -0.141. The molecule has 264 valence electrons. The minimum atomic E-state index is -1.52. The molecule has 2 unspecified atom stereocenters. The van der Waals surface area contributed by atoms with E-state index in [2.05, 4.69) is 30.6 Å². The fourth-order valence-corrected chi connectivity index (χ4v) is 5.54. The van der Waals surface area contributed by atoms with Crippen molar-refractivity contribution in [2.24, 2.45) is 0 Å². The number of benzene rings is 2. The number of hydrogen-bond donors (Lipinski definition) is 2. The minimum Gasteiger partial charge on any atom is -0.469 e. The Kier molecular flexibility index (Phi) is 18.0. The van der Waals surface area contributed by atoms with Gasteiger partial charge in [-0.2, -0.15) is 0 Å². The summed E-state index contributed by atoms with van der Waals surface area (Å²) in [6, 6.07) is 13.2. The van der Waals surface area contributed by atoms with Gasteiger partial charge in [-0.3, -0.25) is 14.6 Å². The molecule has 0 bridgehead atoms. The van der Waals surface area contributed by atoms with E-state index in [4.69, 9.17) is 14.8 Å². The first-order valence-electron chi connectivity index (χ1n) is 15.2. The van der Waals surface area contributed by atoms with Crippen LogP contribution in [0.3, 0.4) is 0 Å². The van der Waals surface area contributed by atoms with Crippen LogP contribution in [0.15, 0.2) is 65.5 Å². The van der Waals surface area contributed by atoms with Crippen molar-refractivity contribution in [3.05, 3.63) is 111 Å². The molecule has 0 fully saturated rings. The summed E-state index contributed by atoms with van der Waals surface area (Å²) in [7, 11) is 1.26. The van der Waals surface area contributed by atoms with Gasteiger partial charge in [0.15, 0.2) is 0 Å². The molecule has 0 saturated carbocycles. The number of ether oxygens (including phenoxy) is 2. The van der Waals surface area contributed by atoms with Gasteiger partial charge in [-0.05, 0) is 143 Å². The van der Waals surface area contributed by atoms with E-state index in [0.717, 1.165) is 38.1 Å². The largest absolute Gasteiger partial charge is 0.488 e. The number of halogens is 3. The highest BCUT2D eigenvalue weighted by Gasteiger charge is 2.18. The first-order valence-corrected chi connectivity index (χ1v) is 16.0. The molecule has 0 amide bonds. The molecule has 4 aromatic rings. The Bertz CT molecular complexity index is 1660. The van der Waals surface area contributed by atoms with Crippen molar-refractivity contribution in [2.75, 3.05) is 14.2 Å². The standard InChI is InChI=1S/C18H20FNO2.C10H12BrNO2.C8H10BFO2.CH4/c1-11(9-17(21)22-4)14-5-6-20-16(10-14)18-12(2)7-15(19)8-13(18)3;1-7(5-10(13)14-2)8-3-4-12-9(11)6-8;1-5-3-7(10)4-6(2)8(5)9(11)12;/h5-8,10-11H,9H2,1-4H3;3-4,6-7H,5H2,1-2H3;3-4,11-12H,1-2H3;1H4. The maximum Gasteiger partial charge on any atom is 0.488 e. The van der Waals surface area contributed by atoms with Gasteiger partial charge in [-0.15, -0.1) is 0 Å². The summed E-state index contributed by atoms with van der Waals surface area (Å²) in [6.07, 6.45) is 4.15. The maximum absolute atomic E-state index is 13.4. The molecule has 2 aromatic heterocycles. The van der Waals surface area contributed by atoms with E-state index >= 15 is 0 Å². The maximum atomic E-state index is 13.4. The molecular weight excluding hydrogens is 697 g/mol. The number of methoxy groups -OCH3 is 2. The SMILES string of the molecule is C.COC(=O)CC(C)c1ccnc(-c2c(C)cc(F)cc2C)c1.COC(=O)CC(C)c1ccnc(Br)c1.Cc1cc(F)cc(C)c1B(O)O. The monoisotopic (exact) mass is 742 g/mol. The lowest BCUT2D eigenvalue weighted by Crippen LogP contribution is -2.34. The van der Waals surface area contributed by atoms with E-state index < -0.39 is 7.12 Å². The van der Waals surface area contributed by atoms with Gasteiger partial charge in [0.25, 0.3) is 0 Å². The van der Waals surface area contributed by atoms with Crippen molar-refractivity contribution in [2.45, 2.75) is 73.6 Å². The highest BCUT2D eigenvalue weighted by Crippen LogP contribution is 2.29. The molecule has 2 atom stereocenters. The quantitative estimate of drug-likeness (QED) is 0.109. The second-order valence-electron chi connectivity index (χ2n) is 11.5. The van der Waals surface area contributed by atoms with Crippen molar-refractivity contribution < 1.29 is 37.9 Å². The molecule has 0 radical (unpaired) electrons. The Morgan fingerprint density at radius 3 is 1.57 bits per heavy atom. The second-order valence-corrected chi connectivity index (χ2v) is 12.3. The Hall–Kier alpha value is -4.00. The molecule has 0 spiro atoms. The molecule has 49 heavy (non-hydrogen) atoms. The summed E-state index contributed by atoms with van der Waals surface area (Å²) in [4.78, 5) is 30.9. The van der Waals surface area contributed by atoms with Gasteiger partial charge in [-0.25, -0.2) is 13.8 Å². The van der Waals surface area contributed by atoms with Crippen LogP contribution < -0.4 is 5.46 Å². The van der Waals surface area contributed by atoms with Gasteiger partial charge < -0.3 is 19.5 Å². The Balaban J connectivity index is 0.000000386. The molecule has 0 saturated heterocycles. The zero-order valence-corrected chi connectivity index (χ0v) is 30.1. The third-order valence-corrected chi connectivity index (χ3v) is 8.08. The number of hydrogen-bond acceptors (Lipinski definition) is 8. The summed E-state index contributed by atoms with van der Waals surface area (Å²) >= 11 is 3.29. The van der Waals surface area contributed by atoms with Gasteiger partial charge in [-0.1, -0.05) is 21.3 Å². The number of carbonyl (C=O) groups excluding carboxylic acids is 2. The average Bonchev–Trinajstić information content (AvgIpc) is 3.00. The number of pyridine rings is 2. The summed E-state index contributed by atoms with van der Waals surface area (Å²) in [5, 5.41) is 17.8. The highest BCUT2D eigenvalue weighted by atomic mass is 79.9. The zero-order chi connectivity index (χ0) is 36.1. The van der Waals surface area contributed by atoms with Crippen LogP contribution in [0.1, 0.15) is 79.3 Å². The summed E-state index contributed by atoms with van der Waals surface area (Å²) < 4.78 is 36.3. The number of esters is 2. The number of nitrogens with zero attached hydrogens (tertiary/aromatic N) is 2. The fourth-order valence-electron chi connectivity index (χ4n) is 5.16. The molecule has 2 N–H and O–H groups in total. The molecule has 2 heterocycles. The molecule has 2 aromatic carbocycles. The Labute approximate surface area is 297 Å². The van der Waals surface area contributed by atoms with Crippen molar-refractivity contribution in [1.82, 2.24) is 9.97 Å². The number of aryl methyl sites for hydroxylation is 4. The molecule has 0 aliphatic heterocycles. The van der Waals surface area contributed by atoms with Crippen LogP contribution in [0.5, 0.6) is 0 Å².